The normalized spacial score (nSPS) is 19.6. The first-order valence-corrected chi connectivity index (χ1v) is 8.55. The van der Waals surface area contributed by atoms with E-state index in [1.807, 2.05) is 18.2 Å². The maximum atomic E-state index is 11.6. The molecule has 0 N–H and O–H groups in total. The monoisotopic (exact) mass is 307 g/mol. The number of sulfone groups is 1. The second-order valence-electron chi connectivity index (χ2n) is 4.40. The molecule has 100 valence electrons. The van der Waals surface area contributed by atoms with E-state index >= 15 is 0 Å². The van der Waals surface area contributed by atoms with E-state index in [2.05, 4.69) is 4.90 Å². The van der Waals surface area contributed by atoms with Gasteiger partial charge >= 0.3 is 0 Å². The molecular weight excluding hydrogens is 293 g/mol. The summed E-state index contributed by atoms with van der Waals surface area (Å²) in [5.41, 5.74) is 1.94. The minimum absolute atomic E-state index is 0.206. The summed E-state index contributed by atoms with van der Waals surface area (Å²) < 4.78 is 23.2. The zero-order valence-corrected chi connectivity index (χ0v) is 12.2. The Morgan fingerprint density at radius 2 is 2.00 bits per heavy atom. The van der Waals surface area contributed by atoms with Crippen LogP contribution in [0.5, 0.6) is 0 Å². The van der Waals surface area contributed by atoms with Gasteiger partial charge in [-0.1, -0.05) is 11.6 Å². The molecule has 0 unspecified atom stereocenters. The third kappa shape index (κ3) is 3.31. The average molecular weight is 308 g/mol. The number of hydrogen-bond acceptors (Lipinski definition) is 3. The first-order chi connectivity index (χ1) is 8.52. The van der Waals surface area contributed by atoms with Crippen LogP contribution in [0.15, 0.2) is 18.2 Å². The molecule has 0 amide bonds. The van der Waals surface area contributed by atoms with E-state index in [0.717, 1.165) is 17.8 Å². The van der Waals surface area contributed by atoms with Crippen molar-refractivity contribution in [3.8, 4) is 0 Å². The van der Waals surface area contributed by atoms with Crippen LogP contribution in [0, 0.1) is 0 Å². The van der Waals surface area contributed by atoms with Crippen LogP contribution < -0.4 is 4.90 Å². The van der Waals surface area contributed by atoms with Gasteiger partial charge in [-0.3, -0.25) is 0 Å². The Balaban J connectivity index is 2.26. The van der Waals surface area contributed by atoms with E-state index in [1.54, 1.807) is 0 Å². The number of alkyl halides is 1. The highest BCUT2D eigenvalue weighted by Gasteiger charge is 2.20. The van der Waals surface area contributed by atoms with Crippen molar-refractivity contribution < 1.29 is 8.42 Å². The van der Waals surface area contributed by atoms with Crippen LogP contribution >= 0.6 is 23.2 Å². The van der Waals surface area contributed by atoms with Crippen LogP contribution in [-0.4, -0.2) is 33.0 Å². The van der Waals surface area contributed by atoms with E-state index in [4.69, 9.17) is 23.2 Å². The van der Waals surface area contributed by atoms with Gasteiger partial charge in [-0.25, -0.2) is 8.42 Å². The van der Waals surface area contributed by atoms with Crippen molar-refractivity contribution in [2.75, 3.05) is 29.5 Å². The topological polar surface area (TPSA) is 37.4 Å². The third-order valence-electron chi connectivity index (χ3n) is 3.08. The van der Waals surface area contributed by atoms with Crippen LogP contribution in [0.3, 0.4) is 0 Å². The van der Waals surface area contributed by atoms with Crippen LogP contribution in [-0.2, 0) is 15.7 Å². The summed E-state index contributed by atoms with van der Waals surface area (Å²) in [6, 6.07) is 5.56. The lowest BCUT2D eigenvalue weighted by Crippen LogP contribution is -2.27. The van der Waals surface area contributed by atoms with E-state index < -0.39 is 9.84 Å². The molecule has 6 heteroatoms. The fraction of sp³-hybridized carbons (Fsp3) is 0.500. The molecule has 0 spiro atoms. The van der Waals surface area contributed by atoms with Crippen molar-refractivity contribution in [1.29, 1.82) is 0 Å². The predicted octanol–water partition coefficient (Wildman–Crippen LogP) is 2.70. The minimum Gasteiger partial charge on any atom is -0.370 e. The van der Waals surface area contributed by atoms with Gasteiger partial charge in [0.25, 0.3) is 0 Å². The lowest BCUT2D eigenvalue weighted by Gasteiger charge is -2.24. The van der Waals surface area contributed by atoms with Gasteiger partial charge in [0.1, 0.15) is 0 Å². The molecule has 0 atom stereocenters. The number of rotatable bonds is 2. The van der Waals surface area contributed by atoms with Crippen molar-refractivity contribution in [3.63, 3.8) is 0 Å². The lowest BCUT2D eigenvalue weighted by atomic mass is 10.1. The molecule has 1 fully saturated rings. The summed E-state index contributed by atoms with van der Waals surface area (Å²) in [5, 5.41) is 0.650. The Morgan fingerprint density at radius 3 is 2.72 bits per heavy atom. The first kappa shape index (κ1) is 14.0. The average Bonchev–Trinajstić information content (AvgIpc) is 2.50. The first-order valence-electron chi connectivity index (χ1n) is 5.81. The van der Waals surface area contributed by atoms with E-state index in [1.165, 1.54) is 0 Å². The van der Waals surface area contributed by atoms with Gasteiger partial charge in [0.15, 0.2) is 9.84 Å². The maximum absolute atomic E-state index is 11.6. The standard InChI is InChI=1S/C12H15Cl2NO2S/c13-9-10-8-11(14)2-3-12(10)15-4-1-6-18(16,17)7-5-15/h2-3,8H,1,4-7,9H2. The van der Waals surface area contributed by atoms with Crippen LogP contribution in [0.2, 0.25) is 5.02 Å². The molecule has 0 saturated carbocycles. The third-order valence-corrected chi connectivity index (χ3v) is 5.32. The van der Waals surface area contributed by atoms with Crippen molar-refractivity contribution in [3.05, 3.63) is 28.8 Å². The van der Waals surface area contributed by atoms with Crippen LogP contribution in [0.1, 0.15) is 12.0 Å². The van der Waals surface area contributed by atoms with Crippen molar-refractivity contribution in [1.82, 2.24) is 0 Å². The Bertz CT molecular complexity index is 531. The summed E-state index contributed by atoms with van der Waals surface area (Å²) in [6.07, 6.45) is 0.659. The SMILES string of the molecule is O=S1(=O)CCCN(c2ccc(Cl)cc2CCl)CC1. The number of benzene rings is 1. The largest absolute Gasteiger partial charge is 0.370 e. The maximum Gasteiger partial charge on any atom is 0.152 e. The predicted molar refractivity (Wildman–Crippen MR) is 76.5 cm³/mol. The van der Waals surface area contributed by atoms with Crippen LogP contribution in [0.25, 0.3) is 0 Å². The van der Waals surface area contributed by atoms with Gasteiger partial charge in [0.2, 0.25) is 0 Å². The molecule has 3 nitrogen and oxygen atoms in total. The van der Waals surface area contributed by atoms with E-state index in [-0.39, 0.29) is 11.5 Å². The fourth-order valence-corrected chi connectivity index (χ4v) is 3.83. The highest BCUT2D eigenvalue weighted by molar-refractivity contribution is 7.91. The van der Waals surface area contributed by atoms with Crippen molar-refractivity contribution in [2.24, 2.45) is 0 Å². The summed E-state index contributed by atoms with van der Waals surface area (Å²) in [6.45, 7) is 1.26. The second kappa shape index (κ2) is 5.68. The zero-order chi connectivity index (χ0) is 13.2. The Hall–Kier alpha value is -0.450. The summed E-state index contributed by atoms with van der Waals surface area (Å²) in [4.78, 5) is 2.08. The molecule has 1 aromatic carbocycles. The number of hydrogen-bond donors (Lipinski definition) is 0. The summed E-state index contributed by atoms with van der Waals surface area (Å²) in [7, 11) is -2.89. The highest BCUT2D eigenvalue weighted by atomic mass is 35.5. The zero-order valence-electron chi connectivity index (χ0n) is 9.90. The van der Waals surface area contributed by atoms with Gasteiger partial charge in [0, 0.05) is 29.7 Å². The molecule has 1 aliphatic heterocycles. The molecule has 1 heterocycles. The van der Waals surface area contributed by atoms with Gasteiger partial charge in [-0.2, -0.15) is 0 Å². The minimum atomic E-state index is -2.89. The van der Waals surface area contributed by atoms with Gasteiger partial charge in [-0.05, 0) is 30.2 Å². The quantitative estimate of drug-likeness (QED) is 0.788. The second-order valence-corrected chi connectivity index (χ2v) is 7.41. The number of nitrogens with zero attached hydrogens (tertiary/aromatic N) is 1. The highest BCUT2D eigenvalue weighted by Crippen LogP contribution is 2.27. The molecule has 0 bridgehead atoms. The number of anilines is 1. The van der Waals surface area contributed by atoms with Gasteiger partial charge in [-0.15, -0.1) is 11.6 Å². The number of halogens is 2. The molecule has 1 saturated heterocycles. The summed E-state index contributed by atoms with van der Waals surface area (Å²) in [5.74, 6) is 0.851. The van der Waals surface area contributed by atoms with E-state index in [0.29, 0.717) is 23.9 Å². The molecule has 1 aliphatic rings. The molecular formula is C12H15Cl2NO2S. The molecule has 0 aromatic heterocycles. The van der Waals surface area contributed by atoms with Crippen LogP contribution in [0.4, 0.5) is 5.69 Å². The van der Waals surface area contributed by atoms with Gasteiger partial charge < -0.3 is 4.90 Å². The molecule has 18 heavy (non-hydrogen) atoms. The molecule has 0 aliphatic carbocycles. The lowest BCUT2D eigenvalue weighted by molar-refractivity contribution is 0.597. The molecule has 2 rings (SSSR count). The Morgan fingerprint density at radius 1 is 1.22 bits per heavy atom. The fourth-order valence-electron chi connectivity index (χ4n) is 2.15. The van der Waals surface area contributed by atoms with Crippen molar-refractivity contribution >= 4 is 38.7 Å². The van der Waals surface area contributed by atoms with Gasteiger partial charge in [0.05, 0.1) is 11.5 Å². The Labute approximate surface area is 118 Å². The molecule has 0 radical (unpaired) electrons. The Kier molecular flexibility index (Phi) is 4.41. The van der Waals surface area contributed by atoms with Crippen molar-refractivity contribution in [2.45, 2.75) is 12.3 Å². The van der Waals surface area contributed by atoms with E-state index in [9.17, 15) is 8.42 Å². The summed E-state index contributed by atoms with van der Waals surface area (Å²) >= 11 is 11.9. The smallest absolute Gasteiger partial charge is 0.152 e. The molecule has 1 aromatic rings.